The first kappa shape index (κ1) is 63.0. The van der Waals surface area contributed by atoms with Crippen LogP contribution >= 0.6 is 22.6 Å². The molecule has 0 spiro atoms. The average Bonchev–Trinajstić information content (AvgIpc) is 1.76. The van der Waals surface area contributed by atoms with Crippen LogP contribution in [0.15, 0.2) is 35.9 Å². The van der Waals surface area contributed by atoms with Crippen LogP contribution in [0.5, 0.6) is 0 Å². The lowest BCUT2D eigenvalue weighted by atomic mass is 9.33. The van der Waals surface area contributed by atoms with Crippen molar-refractivity contribution >= 4 is 46.5 Å². The number of carbonyl (C=O) groups excluding carboxylic acids is 4. The number of halogens is 1. The van der Waals surface area contributed by atoms with Crippen LogP contribution in [0.25, 0.3) is 0 Å². The number of ketones is 1. The molecule has 1 amide bonds. The summed E-state index contributed by atoms with van der Waals surface area (Å²) in [5.74, 6) is -1.01. The van der Waals surface area contributed by atoms with Gasteiger partial charge in [-0.15, -0.1) is 0 Å². The first-order valence-corrected chi connectivity index (χ1v) is 30.8. The fraction of sp³-hybridized carbons (Fsp3) is 0.803. The number of hydrogen-bond donors (Lipinski definition) is 9. The largest absolute Gasteiger partial charge is 0.432 e. The van der Waals surface area contributed by atoms with Crippen molar-refractivity contribution in [3.63, 3.8) is 0 Å². The van der Waals surface area contributed by atoms with Crippen LogP contribution in [0.1, 0.15) is 162 Å². The maximum Gasteiger partial charge on any atom is 0.315 e. The number of allylic oxidation sites excluding steroid dienone is 2. The van der Waals surface area contributed by atoms with Crippen molar-refractivity contribution in [3.8, 4) is 0 Å². The third-order valence-corrected chi connectivity index (χ3v) is 22.7. The minimum Gasteiger partial charge on any atom is -0.432 e. The van der Waals surface area contributed by atoms with E-state index < -0.39 is 121 Å². The van der Waals surface area contributed by atoms with Crippen LogP contribution in [-0.4, -0.2) is 170 Å². The van der Waals surface area contributed by atoms with Crippen molar-refractivity contribution in [1.29, 1.82) is 0 Å². The van der Waals surface area contributed by atoms with E-state index in [1.807, 2.05) is 31.2 Å². The summed E-state index contributed by atoms with van der Waals surface area (Å²) in [6.07, 6.45) is -8.32. The van der Waals surface area contributed by atoms with Crippen molar-refractivity contribution in [2.45, 2.75) is 243 Å². The molecular formula is C61H90INO18. The number of Topliss-reactive ketones (excluding diaryl/α,β-unsaturated/α-hetero) is 1. The molecule has 7 fully saturated rings. The van der Waals surface area contributed by atoms with Gasteiger partial charge in [0.25, 0.3) is 0 Å². The highest BCUT2D eigenvalue weighted by Gasteiger charge is 2.70. The van der Waals surface area contributed by atoms with Gasteiger partial charge in [-0.05, 0) is 158 Å². The molecule has 0 bridgehead atoms. The van der Waals surface area contributed by atoms with Crippen LogP contribution in [0, 0.1) is 53.8 Å². The molecule has 19 nitrogen and oxygen atoms in total. The molecule has 9 rings (SSSR count). The Balaban J connectivity index is 0.949. The predicted octanol–water partition coefficient (Wildman–Crippen LogP) is 4.94. The molecule has 1 aromatic rings. The van der Waals surface area contributed by atoms with Gasteiger partial charge in [-0.2, -0.15) is 0 Å². The Kier molecular flexibility index (Phi) is 18.9. The van der Waals surface area contributed by atoms with E-state index in [-0.39, 0.29) is 58.2 Å². The average molecular weight is 1250 g/mol. The van der Waals surface area contributed by atoms with Crippen LogP contribution < -0.4 is 5.32 Å². The number of aliphatic hydroxyl groups excluding tert-OH is 8. The summed E-state index contributed by atoms with van der Waals surface area (Å²) in [7, 11) is 0. The van der Waals surface area contributed by atoms with Gasteiger partial charge in [0.1, 0.15) is 55.1 Å². The van der Waals surface area contributed by atoms with Crippen molar-refractivity contribution < 1.29 is 88.5 Å². The van der Waals surface area contributed by atoms with Crippen molar-refractivity contribution in [2.75, 3.05) is 13.2 Å². The van der Waals surface area contributed by atoms with Crippen LogP contribution in [0.3, 0.4) is 0 Å². The fourth-order valence-electron chi connectivity index (χ4n) is 16.7. The Hall–Kier alpha value is -2.55. The highest BCUT2D eigenvalue weighted by molar-refractivity contribution is 14.1. The molecule has 20 heteroatoms. The molecule has 3 aliphatic heterocycles. The van der Waals surface area contributed by atoms with E-state index in [1.54, 1.807) is 0 Å². The molecule has 8 aliphatic rings. The van der Waals surface area contributed by atoms with Gasteiger partial charge in [0, 0.05) is 22.0 Å². The summed E-state index contributed by atoms with van der Waals surface area (Å²) in [6, 6.07) is 6.07. The quantitative estimate of drug-likeness (QED) is 0.0249. The third kappa shape index (κ3) is 11.5. The van der Waals surface area contributed by atoms with Gasteiger partial charge >= 0.3 is 5.97 Å². The number of nitrogens with one attached hydrogen (secondary N) is 1. The molecule has 1 aromatic carbocycles. The van der Waals surface area contributed by atoms with Crippen LogP contribution in [-0.2, 0) is 42.8 Å². The zero-order valence-corrected chi connectivity index (χ0v) is 50.3. The topological polar surface area (TPSA) is 298 Å². The smallest absolute Gasteiger partial charge is 0.315 e. The van der Waals surface area contributed by atoms with E-state index in [2.05, 4.69) is 68.6 Å². The lowest BCUT2D eigenvalue weighted by Crippen LogP contribution is -2.68. The number of amides is 1. The Morgan fingerprint density at radius 1 is 0.741 bits per heavy atom. The van der Waals surface area contributed by atoms with Crippen molar-refractivity contribution in [2.24, 2.45) is 50.2 Å². The SMILES string of the molecule is C[C@H]1O[C@@H](OC2C(O)C(NC(=O)CCCCCCC(=O)c3ccc(I)cc3)[C@H](CO)O[C@H]2OC(=O)C23CCC(C)(C)CC2C2=CCC4C5(C)CC[C@H](O)[C@](C)(C=O)[C@@H]5CC[C@]4(C)[C@]2(C)CC3)C(O)C(O)C1O[C@@H]1OCC(O)C(O)C1O. The molecule has 9 N–H and O–H groups in total. The molecule has 5 aliphatic carbocycles. The van der Waals surface area contributed by atoms with Gasteiger partial charge < -0.3 is 79.4 Å². The molecule has 13 unspecified atom stereocenters. The highest BCUT2D eigenvalue weighted by Crippen LogP contribution is 2.76. The van der Waals surface area contributed by atoms with E-state index in [4.69, 9.17) is 28.4 Å². The van der Waals surface area contributed by atoms with Crippen molar-refractivity contribution in [1.82, 2.24) is 5.32 Å². The second-order valence-corrected chi connectivity index (χ2v) is 28.4. The number of fused-ring (bicyclic) bond motifs is 7. The fourth-order valence-corrected chi connectivity index (χ4v) is 17.1. The normalized spacial score (nSPS) is 45.7. The molecule has 0 aromatic heterocycles. The van der Waals surface area contributed by atoms with E-state index in [0.29, 0.717) is 76.2 Å². The maximum absolute atomic E-state index is 15.7. The Labute approximate surface area is 489 Å². The number of esters is 1. The number of aliphatic hydroxyl groups is 8. The highest BCUT2D eigenvalue weighted by atomic mass is 127. The summed E-state index contributed by atoms with van der Waals surface area (Å²) < 4.78 is 37.8. The molecular weight excluding hydrogens is 1160 g/mol. The van der Waals surface area contributed by atoms with Gasteiger partial charge in [0.05, 0.1) is 42.3 Å². The lowest BCUT2D eigenvalue weighted by Gasteiger charge is -2.71. The van der Waals surface area contributed by atoms with Gasteiger partial charge in [-0.1, -0.05) is 78.2 Å². The number of ether oxygens (including phenoxy) is 6. The monoisotopic (exact) mass is 1250 g/mol. The number of carbonyl (C=O) groups is 4. The molecule has 81 heavy (non-hydrogen) atoms. The molecule has 3 saturated heterocycles. The summed E-state index contributed by atoms with van der Waals surface area (Å²) in [5.41, 5.74) is -0.887. The van der Waals surface area contributed by atoms with Gasteiger partial charge in [0.2, 0.25) is 12.2 Å². The summed E-state index contributed by atoms with van der Waals surface area (Å²) in [6.45, 7) is 13.9. The summed E-state index contributed by atoms with van der Waals surface area (Å²) in [4.78, 5) is 54.9. The first-order chi connectivity index (χ1) is 38.2. The molecule has 23 atom stereocenters. The number of aldehydes is 1. The number of rotatable bonds is 17. The minimum atomic E-state index is -1.91. The number of benzene rings is 1. The van der Waals surface area contributed by atoms with Gasteiger partial charge in [-0.25, -0.2) is 0 Å². The lowest BCUT2D eigenvalue weighted by molar-refractivity contribution is -0.369. The Morgan fingerprint density at radius 3 is 2.10 bits per heavy atom. The van der Waals surface area contributed by atoms with E-state index in [9.17, 15) is 55.2 Å². The van der Waals surface area contributed by atoms with Gasteiger partial charge in [-0.3, -0.25) is 14.4 Å². The van der Waals surface area contributed by atoms with Crippen LogP contribution in [0.4, 0.5) is 0 Å². The number of hydrogen-bond acceptors (Lipinski definition) is 18. The van der Waals surface area contributed by atoms with E-state index in [1.165, 1.54) is 12.5 Å². The maximum atomic E-state index is 15.7. The predicted molar refractivity (Wildman–Crippen MR) is 300 cm³/mol. The molecule has 3 heterocycles. The molecule has 4 saturated carbocycles. The zero-order chi connectivity index (χ0) is 58.8. The Morgan fingerprint density at radius 2 is 1.41 bits per heavy atom. The first-order valence-electron chi connectivity index (χ1n) is 29.8. The number of unbranched alkanes of at least 4 members (excludes halogenated alkanes) is 3. The second-order valence-electron chi connectivity index (χ2n) is 27.1. The molecule has 454 valence electrons. The van der Waals surface area contributed by atoms with Crippen LogP contribution in [0.2, 0.25) is 0 Å². The Bertz CT molecular complexity index is 2460. The van der Waals surface area contributed by atoms with Crippen molar-refractivity contribution in [3.05, 3.63) is 45.0 Å². The minimum absolute atomic E-state index is 0.0205. The van der Waals surface area contributed by atoms with E-state index >= 15 is 4.79 Å². The summed E-state index contributed by atoms with van der Waals surface area (Å²) in [5, 5.41) is 91.5. The second kappa shape index (κ2) is 24.3. The molecule has 0 radical (unpaired) electrons. The zero-order valence-electron chi connectivity index (χ0n) is 48.1. The standard InChI is InChI=1S/C61H90INO18/c1-32-50(79-52-48(73)45(70)38(67)30-76-52)47(72)49(74)53(77-32)80-51-46(71)44(63-43(69)13-11-9-8-10-12-37(66)33-14-16-34(62)17-15-33)39(29-64)78-54(51)81-55(75)61-26-24-56(2,3)28-36(61)35-18-19-41-57(4)22-21-42(68)58(5,31-65)40(57)20-23-60(41,7)59(35,6)25-27-61/h14-18,31-32,36,38-42,44-54,64,67-68,70-74H,8-13,19-30H2,1-7H3,(H,63,69)/t32-,36?,38?,39+,40-,41?,42+,44?,45?,46?,47?,48?,49?,50?,51?,52+,53+,54+,57?,58-,59-,60+,61?/m1/s1. The third-order valence-electron chi connectivity index (χ3n) is 21.9. The van der Waals surface area contributed by atoms with Gasteiger partial charge in [0.15, 0.2) is 24.5 Å². The van der Waals surface area contributed by atoms with E-state index in [0.717, 1.165) is 35.5 Å². The summed E-state index contributed by atoms with van der Waals surface area (Å²) >= 11 is 2.19.